The molecule has 1 N–H and O–H groups in total. The summed E-state index contributed by atoms with van der Waals surface area (Å²) >= 11 is 4.70. The SMILES string of the molecule is C=CCNc1nnc(SCC(=O)N2CCc3sccc3C2)s1. The Morgan fingerprint density at radius 2 is 2.45 bits per heavy atom. The van der Waals surface area contributed by atoms with Gasteiger partial charge in [0.25, 0.3) is 0 Å². The number of carbonyl (C=O) groups excluding carboxylic acids is 1. The zero-order valence-electron chi connectivity index (χ0n) is 11.9. The van der Waals surface area contributed by atoms with Gasteiger partial charge in [-0.25, -0.2) is 0 Å². The van der Waals surface area contributed by atoms with Gasteiger partial charge in [-0.1, -0.05) is 29.2 Å². The van der Waals surface area contributed by atoms with Crippen molar-refractivity contribution in [3.63, 3.8) is 0 Å². The van der Waals surface area contributed by atoms with E-state index in [0.29, 0.717) is 12.3 Å². The molecule has 22 heavy (non-hydrogen) atoms. The molecule has 0 radical (unpaired) electrons. The fraction of sp³-hybridized carbons (Fsp3) is 0.357. The minimum atomic E-state index is 0.164. The molecule has 3 rings (SSSR count). The molecule has 3 heterocycles. The maximum atomic E-state index is 12.3. The summed E-state index contributed by atoms with van der Waals surface area (Å²) in [6, 6.07) is 2.12. The number of aromatic nitrogens is 2. The summed E-state index contributed by atoms with van der Waals surface area (Å²) < 4.78 is 0.813. The first kappa shape index (κ1) is 15.5. The van der Waals surface area contributed by atoms with Crippen molar-refractivity contribution in [2.45, 2.75) is 17.3 Å². The highest BCUT2D eigenvalue weighted by Gasteiger charge is 2.21. The number of thiophene rings is 1. The van der Waals surface area contributed by atoms with Gasteiger partial charge >= 0.3 is 0 Å². The normalized spacial score (nSPS) is 13.7. The number of hydrogen-bond acceptors (Lipinski definition) is 7. The van der Waals surface area contributed by atoms with Gasteiger partial charge in [0.05, 0.1) is 5.75 Å². The minimum Gasteiger partial charge on any atom is -0.357 e. The zero-order valence-corrected chi connectivity index (χ0v) is 14.4. The van der Waals surface area contributed by atoms with Crippen molar-refractivity contribution >= 4 is 45.5 Å². The largest absolute Gasteiger partial charge is 0.357 e. The predicted molar refractivity (Wildman–Crippen MR) is 92.8 cm³/mol. The van der Waals surface area contributed by atoms with Crippen LogP contribution < -0.4 is 5.32 Å². The van der Waals surface area contributed by atoms with Gasteiger partial charge in [0.15, 0.2) is 4.34 Å². The lowest BCUT2D eigenvalue weighted by atomic mass is 10.1. The first-order valence-electron chi connectivity index (χ1n) is 6.90. The Labute approximate surface area is 141 Å². The van der Waals surface area contributed by atoms with E-state index in [9.17, 15) is 4.79 Å². The number of amides is 1. The molecule has 0 spiro atoms. The van der Waals surface area contributed by atoms with E-state index in [0.717, 1.165) is 29.0 Å². The third-order valence-electron chi connectivity index (χ3n) is 3.28. The van der Waals surface area contributed by atoms with Crippen molar-refractivity contribution in [2.24, 2.45) is 0 Å². The minimum absolute atomic E-state index is 0.164. The maximum Gasteiger partial charge on any atom is 0.233 e. The van der Waals surface area contributed by atoms with Crippen LogP contribution in [0.4, 0.5) is 5.13 Å². The van der Waals surface area contributed by atoms with Crippen LogP contribution >= 0.6 is 34.4 Å². The number of thioether (sulfide) groups is 1. The molecule has 2 aromatic rings. The van der Waals surface area contributed by atoms with Crippen molar-refractivity contribution in [1.29, 1.82) is 0 Å². The molecule has 0 saturated heterocycles. The molecule has 0 atom stereocenters. The monoisotopic (exact) mass is 352 g/mol. The van der Waals surface area contributed by atoms with Crippen molar-refractivity contribution in [3.05, 3.63) is 34.5 Å². The fourth-order valence-corrected chi connectivity index (χ4v) is 4.73. The molecule has 0 aromatic carbocycles. The predicted octanol–water partition coefficient (Wildman–Crippen LogP) is 2.87. The van der Waals surface area contributed by atoms with Crippen LogP contribution in [0.3, 0.4) is 0 Å². The lowest BCUT2D eigenvalue weighted by Crippen LogP contribution is -2.36. The van der Waals surface area contributed by atoms with E-state index >= 15 is 0 Å². The van der Waals surface area contributed by atoms with Gasteiger partial charge in [-0.05, 0) is 23.4 Å². The molecule has 0 bridgehead atoms. The molecule has 0 unspecified atom stereocenters. The van der Waals surface area contributed by atoms with Crippen molar-refractivity contribution < 1.29 is 4.79 Å². The van der Waals surface area contributed by atoms with Gasteiger partial charge in [-0.3, -0.25) is 4.79 Å². The molecule has 1 amide bonds. The molecule has 1 aliphatic rings. The number of nitrogens with one attached hydrogen (secondary N) is 1. The van der Waals surface area contributed by atoms with Crippen LogP contribution in [0.15, 0.2) is 28.4 Å². The van der Waals surface area contributed by atoms with Crippen LogP contribution in [0.25, 0.3) is 0 Å². The summed E-state index contributed by atoms with van der Waals surface area (Å²) in [5.41, 5.74) is 1.29. The molecular formula is C14H16N4OS3. The van der Waals surface area contributed by atoms with Crippen molar-refractivity contribution in [3.8, 4) is 0 Å². The third kappa shape index (κ3) is 3.68. The summed E-state index contributed by atoms with van der Waals surface area (Å²) in [5, 5.41) is 14.1. The Morgan fingerprint density at radius 1 is 1.55 bits per heavy atom. The summed E-state index contributed by atoms with van der Waals surface area (Å²) in [6.07, 6.45) is 2.74. The smallest absolute Gasteiger partial charge is 0.233 e. The molecule has 1 aliphatic heterocycles. The summed E-state index contributed by atoms with van der Waals surface area (Å²) in [6.45, 7) is 5.86. The summed E-state index contributed by atoms with van der Waals surface area (Å²) in [5.74, 6) is 0.577. The lowest BCUT2D eigenvalue weighted by Gasteiger charge is -2.26. The highest BCUT2D eigenvalue weighted by Crippen LogP contribution is 2.27. The molecule has 0 aliphatic carbocycles. The van der Waals surface area contributed by atoms with Gasteiger partial charge in [0, 0.05) is 24.5 Å². The van der Waals surface area contributed by atoms with Gasteiger partial charge in [-0.15, -0.1) is 28.1 Å². The first-order valence-corrected chi connectivity index (χ1v) is 9.58. The van der Waals surface area contributed by atoms with E-state index in [4.69, 9.17) is 0 Å². The topological polar surface area (TPSA) is 58.1 Å². The number of carbonyl (C=O) groups is 1. The first-order chi connectivity index (χ1) is 10.8. The highest BCUT2D eigenvalue weighted by molar-refractivity contribution is 8.01. The molecule has 116 valence electrons. The van der Waals surface area contributed by atoms with Gasteiger partial charge < -0.3 is 10.2 Å². The number of nitrogens with zero attached hydrogens (tertiary/aromatic N) is 3. The van der Waals surface area contributed by atoms with E-state index in [2.05, 4.69) is 33.5 Å². The molecule has 0 fully saturated rings. The number of anilines is 1. The maximum absolute atomic E-state index is 12.3. The standard InChI is InChI=1S/C14H16N4OS3/c1-2-5-15-13-16-17-14(22-13)21-9-12(19)18-6-3-11-10(8-18)4-7-20-11/h2,4,7H,1,3,5-6,8-9H2,(H,15,16). The van der Waals surface area contributed by atoms with Crippen LogP contribution in [0.5, 0.6) is 0 Å². The van der Waals surface area contributed by atoms with E-state index < -0.39 is 0 Å². The van der Waals surface area contributed by atoms with Crippen LogP contribution in [-0.2, 0) is 17.8 Å². The second-order valence-electron chi connectivity index (χ2n) is 4.77. The van der Waals surface area contributed by atoms with Crippen molar-refractivity contribution in [1.82, 2.24) is 15.1 Å². The van der Waals surface area contributed by atoms with Crippen LogP contribution in [-0.4, -0.2) is 39.8 Å². The van der Waals surface area contributed by atoms with E-state index in [1.807, 2.05) is 4.90 Å². The quantitative estimate of drug-likeness (QED) is 0.640. The summed E-state index contributed by atoms with van der Waals surface area (Å²) in [4.78, 5) is 15.7. The van der Waals surface area contributed by atoms with Gasteiger partial charge in [0.1, 0.15) is 0 Å². The second-order valence-corrected chi connectivity index (χ2v) is 7.97. The Balaban J connectivity index is 1.50. The molecular weight excluding hydrogens is 336 g/mol. The average molecular weight is 353 g/mol. The highest BCUT2D eigenvalue weighted by atomic mass is 32.2. The Hall–Kier alpha value is -1.38. The van der Waals surface area contributed by atoms with E-state index in [-0.39, 0.29) is 5.91 Å². The van der Waals surface area contributed by atoms with E-state index in [1.165, 1.54) is 33.5 Å². The number of fused-ring (bicyclic) bond motifs is 1. The Kier molecular flexibility index (Phi) is 5.12. The zero-order chi connectivity index (χ0) is 15.4. The van der Waals surface area contributed by atoms with E-state index in [1.54, 1.807) is 17.4 Å². The van der Waals surface area contributed by atoms with Crippen molar-refractivity contribution in [2.75, 3.05) is 24.2 Å². The number of hydrogen-bond donors (Lipinski definition) is 1. The second kappa shape index (κ2) is 7.26. The average Bonchev–Trinajstić information content (AvgIpc) is 3.18. The molecule has 0 saturated carbocycles. The Bertz CT molecular complexity index is 667. The molecule has 8 heteroatoms. The lowest BCUT2D eigenvalue weighted by molar-refractivity contribution is -0.129. The summed E-state index contributed by atoms with van der Waals surface area (Å²) in [7, 11) is 0. The Morgan fingerprint density at radius 3 is 3.32 bits per heavy atom. The third-order valence-corrected chi connectivity index (χ3v) is 6.31. The van der Waals surface area contributed by atoms with Gasteiger partial charge in [0.2, 0.25) is 11.0 Å². The van der Waals surface area contributed by atoms with Crippen LogP contribution in [0.1, 0.15) is 10.4 Å². The molecule has 5 nitrogen and oxygen atoms in total. The van der Waals surface area contributed by atoms with Crippen LogP contribution in [0, 0.1) is 0 Å². The fourth-order valence-electron chi connectivity index (χ4n) is 2.18. The number of rotatable bonds is 6. The van der Waals surface area contributed by atoms with Crippen LogP contribution in [0.2, 0.25) is 0 Å². The molecule has 2 aromatic heterocycles. The van der Waals surface area contributed by atoms with Gasteiger partial charge in [-0.2, -0.15) is 0 Å².